The molecular weight excluding hydrogens is 424 g/mol. The van der Waals surface area contributed by atoms with Crippen LogP contribution < -0.4 is 10.5 Å². The number of rotatable bonds is 3. The fourth-order valence-electron chi connectivity index (χ4n) is 4.51. The summed E-state index contributed by atoms with van der Waals surface area (Å²) >= 11 is 0. The molecule has 0 amide bonds. The van der Waals surface area contributed by atoms with Gasteiger partial charge in [0.15, 0.2) is 5.65 Å². The highest BCUT2D eigenvalue weighted by Gasteiger charge is 2.20. The maximum Gasteiger partial charge on any atom is 0.273 e. The summed E-state index contributed by atoms with van der Waals surface area (Å²) in [6.45, 7) is 3.47. The number of fused-ring (bicyclic) bond motifs is 2. The first-order valence-electron chi connectivity index (χ1n) is 11.4. The average Bonchev–Trinajstić information content (AvgIpc) is 2.88. The van der Waals surface area contributed by atoms with E-state index in [4.69, 9.17) is 9.97 Å². The molecule has 0 unspecified atom stereocenters. The van der Waals surface area contributed by atoms with Crippen LogP contribution in [0, 0.1) is 0 Å². The molecule has 1 saturated heterocycles. The molecule has 0 atom stereocenters. The molecule has 34 heavy (non-hydrogen) atoms. The van der Waals surface area contributed by atoms with Crippen LogP contribution in [0.3, 0.4) is 0 Å². The summed E-state index contributed by atoms with van der Waals surface area (Å²) in [6.07, 6.45) is 1.80. The number of pyridine rings is 2. The van der Waals surface area contributed by atoms with E-state index in [2.05, 4.69) is 32.9 Å². The third-order valence-corrected chi connectivity index (χ3v) is 6.43. The lowest BCUT2D eigenvalue weighted by molar-refractivity contribution is 0.312. The maximum absolute atomic E-state index is 13.0. The lowest BCUT2D eigenvalue weighted by Gasteiger charge is -2.33. The lowest BCUT2D eigenvalue weighted by atomic mass is 10.0. The number of aromatic amines is 1. The van der Waals surface area contributed by atoms with E-state index >= 15 is 0 Å². The molecule has 0 radical (unpaired) electrons. The Hall–Kier alpha value is -4.10. The summed E-state index contributed by atoms with van der Waals surface area (Å²) in [4.78, 5) is 34.8. The van der Waals surface area contributed by atoms with E-state index in [1.807, 2.05) is 60.7 Å². The molecule has 7 nitrogen and oxygen atoms in total. The second kappa shape index (κ2) is 8.35. The van der Waals surface area contributed by atoms with Crippen LogP contribution in [0.1, 0.15) is 0 Å². The molecule has 6 rings (SSSR count). The number of nitrogens with zero attached hydrogens (tertiary/aromatic N) is 5. The van der Waals surface area contributed by atoms with Crippen LogP contribution in [-0.2, 0) is 0 Å². The number of H-pyrrole nitrogens is 1. The zero-order chi connectivity index (χ0) is 23.1. The summed E-state index contributed by atoms with van der Waals surface area (Å²) in [5, 5.41) is 1.04. The van der Waals surface area contributed by atoms with Gasteiger partial charge in [0, 0.05) is 48.9 Å². The van der Waals surface area contributed by atoms with Crippen LogP contribution in [0.5, 0.6) is 0 Å². The quantitative estimate of drug-likeness (QED) is 0.450. The van der Waals surface area contributed by atoms with Crippen molar-refractivity contribution in [3.8, 4) is 22.5 Å². The Morgan fingerprint density at radius 1 is 0.794 bits per heavy atom. The largest absolute Gasteiger partial charge is 0.364 e. The number of anilines is 1. The highest BCUT2D eigenvalue weighted by Crippen LogP contribution is 2.32. The van der Waals surface area contributed by atoms with E-state index in [1.165, 1.54) is 0 Å². The van der Waals surface area contributed by atoms with Gasteiger partial charge >= 0.3 is 0 Å². The molecule has 1 aliphatic heterocycles. The number of likely N-dealkylation sites (N-methyl/N-ethyl adjacent to an activating group) is 1. The molecule has 3 aromatic heterocycles. The summed E-state index contributed by atoms with van der Waals surface area (Å²) in [5.41, 5.74) is 6.04. The fraction of sp³-hybridized carbons (Fsp3) is 0.185. The van der Waals surface area contributed by atoms with Crippen molar-refractivity contribution < 1.29 is 0 Å². The van der Waals surface area contributed by atoms with Gasteiger partial charge in [-0.25, -0.2) is 9.97 Å². The highest BCUT2D eigenvalue weighted by molar-refractivity contribution is 5.90. The van der Waals surface area contributed by atoms with Gasteiger partial charge < -0.3 is 14.8 Å². The summed E-state index contributed by atoms with van der Waals surface area (Å²) in [7, 11) is 2.10. The normalized spacial score (nSPS) is 14.7. The van der Waals surface area contributed by atoms with Gasteiger partial charge in [-0.3, -0.25) is 9.78 Å². The van der Waals surface area contributed by atoms with Gasteiger partial charge in [0.05, 0.1) is 16.9 Å². The number of benzene rings is 2. The minimum Gasteiger partial charge on any atom is -0.364 e. The van der Waals surface area contributed by atoms with Gasteiger partial charge in [-0.05, 0) is 31.3 Å². The van der Waals surface area contributed by atoms with Gasteiger partial charge in [0.2, 0.25) is 0 Å². The number of hydrogen-bond donors (Lipinski definition) is 1. The SMILES string of the molecule is CN1CCN(c2cc3nc(-c4ccc5ncccc5c4)c(-c4ccccc4)nc3[nH]c2=O)CC1. The molecule has 1 fully saturated rings. The number of hydrogen-bond acceptors (Lipinski definition) is 6. The topological polar surface area (TPSA) is 78.0 Å². The molecule has 4 heterocycles. The molecular formula is C27H24N6O. The van der Waals surface area contributed by atoms with E-state index < -0.39 is 0 Å². The van der Waals surface area contributed by atoms with Crippen molar-refractivity contribution in [2.24, 2.45) is 0 Å². The molecule has 0 spiro atoms. The fourth-order valence-corrected chi connectivity index (χ4v) is 4.51. The Balaban J connectivity index is 1.56. The number of piperazine rings is 1. The van der Waals surface area contributed by atoms with Crippen molar-refractivity contribution in [3.63, 3.8) is 0 Å². The minimum atomic E-state index is -0.130. The molecule has 0 aliphatic carbocycles. The third kappa shape index (κ3) is 3.70. The molecule has 168 valence electrons. The van der Waals surface area contributed by atoms with Crippen LogP contribution in [0.25, 0.3) is 44.6 Å². The lowest BCUT2D eigenvalue weighted by Crippen LogP contribution is -2.46. The van der Waals surface area contributed by atoms with Crippen molar-refractivity contribution in [2.45, 2.75) is 0 Å². The van der Waals surface area contributed by atoms with Gasteiger partial charge in [0.1, 0.15) is 11.2 Å². The van der Waals surface area contributed by atoms with E-state index in [9.17, 15) is 4.79 Å². The number of nitrogens with one attached hydrogen (secondary N) is 1. The standard InChI is InChI=1S/C27H24N6O/c1-32-12-14-33(15-13-32)23-17-22-26(31-27(23)34)30-24(18-6-3-2-4-7-18)25(29-22)20-9-10-21-19(16-20)8-5-11-28-21/h2-11,16-17H,12-15H2,1H3,(H,30,31,34). The number of aromatic nitrogens is 4. The van der Waals surface area contributed by atoms with E-state index in [-0.39, 0.29) is 5.56 Å². The monoisotopic (exact) mass is 448 g/mol. The van der Waals surface area contributed by atoms with Gasteiger partial charge in [0.25, 0.3) is 5.56 Å². The third-order valence-electron chi connectivity index (χ3n) is 6.43. The Bertz CT molecular complexity index is 1550. The Morgan fingerprint density at radius 3 is 2.41 bits per heavy atom. The maximum atomic E-state index is 13.0. The van der Waals surface area contributed by atoms with E-state index in [0.717, 1.165) is 59.6 Å². The van der Waals surface area contributed by atoms with E-state index in [1.54, 1.807) is 6.20 Å². The molecule has 0 bridgehead atoms. The van der Waals surface area contributed by atoms with Crippen LogP contribution in [0.2, 0.25) is 0 Å². The first-order valence-corrected chi connectivity index (χ1v) is 11.4. The Kier molecular flexibility index (Phi) is 5.04. The summed E-state index contributed by atoms with van der Waals surface area (Å²) in [5.74, 6) is 0. The minimum absolute atomic E-state index is 0.130. The molecule has 2 aromatic carbocycles. The molecule has 0 saturated carbocycles. The Morgan fingerprint density at radius 2 is 1.59 bits per heavy atom. The first kappa shape index (κ1) is 20.5. The van der Waals surface area contributed by atoms with Crippen LogP contribution in [0.15, 0.2) is 77.7 Å². The molecule has 5 aromatic rings. The zero-order valence-corrected chi connectivity index (χ0v) is 18.9. The predicted octanol–water partition coefficient (Wildman–Crippen LogP) is 3.95. The highest BCUT2D eigenvalue weighted by atomic mass is 16.1. The van der Waals surface area contributed by atoms with Crippen LogP contribution >= 0.6 is 0 Å². The average molecular weight is 449 g/mol. The Labute approximate surface area is 196 Å². The van der Waals surface area contributed by atoms with Crippen LogP contribution in [0.4, 0.5) is 5.69 Å². The van der Waals surface area contributed by atoms with Crippen molar-refractivity contribution in [2.75, 3.05) is 38.1 Å². The van der Waals surface area contributed by atoms with Crippen molar-refractivity contribution in [1.29, 1.82) is 0 Å². The smallest absolute Gasteiger partial charge is 0.273 e. The van der Waals surface area contributed by atoms with E-state index in [0.29, 0.717) is 16.9 Å². The first-order chi connectivity index (χ1) is 16.7. The summed E-state index contributed by atoms with van der Waals surface area (Å²) in [6, 6.07) is 22.0. The van der Waals surface area contributed by atoms with Gasteiger partial charge in [-0.15, -0.1) is 0 Å². The molecule has 1 N–H and O–H groups in total. The molecule has 1 aliphatic rings. The van der Waals surface area contributed by atoms with Gasteiger partial charge in [-0.2, -0.15) is 0 Å². The predicted molar refractivity (Wildman–Crippen MR) is 136 cm³/mol. The second-order valence-corrected chi connectivity index (χ2v) is 8.71. The van der Waals surface area contributed by atoms with Crippen molar-refractivity contribution >= 4 is 27.8 Å². The van der Waals surface area contributed by atoms with Crippen molar-refractivity contribution in [1.82, 2.24) is 24.8 Å². The zero-order valence-electron chi connectivity index (χ0n) is 18.9. The molecule has 7 heteroatoms. The second-order valence-electron chi connectivity index (χ2n) is 8.71. The summed E-state index contributed by atoms with van der Waals surface area (Å²) < 4.78 is 0. The van der Waals surface area contributed by atoms with Gasteiger partial charge in [-0.1, -0.05) is 42.5 Å². The van der Waals surface area contributed by atoms with Crippen molar-refractivity contribution in [3.05, 3.63) is 83.3 Å². The van der Waals surface area contributed by atoms with Crippen LogP contribution in [-0.4, -0.2) is 58.1 Å².